The SMILES string of the molecule is CCN(CC)CCOCC1(C=O)C=CC=C(CNC(=O)ON2C(=O)CCC2=O)C=C1. The number of hydrogen-bond acceptors (Lipinski definition) is 7. The maximum Gasteiger partial charge on any atom is 0.432 e. The van der Waals surface area contributed by atoms with Gasteiger partial charge in [-0.15, -0.1) is 5.06 Å². The number of hydroxylamine groups is 2. The second-order valence-corrected chi connectivity index (χ2v) is 7.06. The molecule has 9 nitrogen and oxygen atoms in total. The van der Waals surface area contributed by atoms with E-state index in [2.05, 4.69) is 24.1 Å². The molecule has 30 heavy (non-hydrogen) atoms. The van der Waals surface area contributed by atoms with Gasteiger partial charge in [-0.3, -0.25) is 9.59 Å². The lowest BCUT2D eigenvalue weighted by Crippen LogP contribution is -2.37. The van der Waals surface area contributed by atoms with E-state index < -0.39 is 23.3 Å². The number of nitrogens with zero attached hydrogens (tertiary/aromatic N) is 2. The molecule has 1 aliphatic carbocycles. The zero-order valence-electron chi connectivity index (χ0n) is 17.5. The highest BCUT2D eigenvalue weighted by Gasteiger charge is 2.33. The summed E-state index contributed by atoms with van der Waals surface area (Å²) in [5.74, 6) is -1.08. The van der Waals surface area contributed by atoms with E-state index in [4.69, 9.17) is 9.57 Å². The van der Waals surface area contributed by atoms with Crippen molar-refractivity contribution in [3.05, 3.63) is 36.0 Å². The third-order valence-corrected chi connectivity index (χ3v) is 4.96. The highest BCUT2D eigenvalue weighted by Crippen LogP contribution is 2.23. The summed E-state index contributed by atoms with van der Waals surface area (Å²) in [4.78, 5) is 53.5. The predicted molar refractivity (Wildman–Crippen MR) is 109 cm³/mol. The molecule has 0 bridgehead atoms. The maximum absolute atomic E-state index is 11.9. The zero-order chi connectivity index (χ0) is 22.0. The Morgan fingerprint density at radius 3 is 2.57 bits per heavy atom. The van der Waals surface area contributed by atoms with Gasteiger partial charge in [0.25, 0.3) is 11.8 Å². The summed E-state index contributed by atoms with van der Waals surface area (Å²) in [7, 11) is 0. The topological polar surface area (TPSA) is 105 Å². The lowest BCUT2D eigenvalue weighted by molar-refractivity contribution is -0.171. The number of carbonyl (C=O) groups is 4. The van der Waals surface area contributed by atoms with E-state index in [9.17, 15) is 19.2 Å². The van der Waals surface area contributed by atoms with Gasteiger partial charge in [0, 0.05) is 25.9 Å². The first-order valence-corrected chi connectivity index (χ1v) is 10.1. The summed E-state index contributed by atoms with van der Waals surface area (Å²) in [6.07, 6.45) is 8.71. The monoisotopic (exact) mass is 419 g/mol. The molecule has 2 aliphatic rings. The Morgan fingerprint density at radius 1 is 1.23 bits per heavy atom. The summed E-state index contributed by atoms with van der Waals surface area (Å²) in [5, 5.41) is 2.97. The number of carbonyl (C=O) groups excluding carboxylic acids is 4. The van der Waals surface area contributed by atoms with E-state index in [-0.39, 0.29) is 26.0 Å². The van der Waals surface area contributed by atoms with Crippen LogP contribution in [-0.4, -0.2) is 73.5 Å². The van der Waals surface area contributed by atoms with Crippen LogP contribution in [-0.2, 0) is 24.0 Å². The van der Waals surface area contributed by atoms with Crippen LogP contribution in [0.3, 0.4) is 0 Å². The fourth-order valence-electron chi connectivity index (χ4n) is 2.98. The molecule has 164 valence electrons. The molecule has 1 saturated heterocycles. The molecular weight excluding hydrogens is 390 g/mol. The first kappa shape index (κ1) is 23.5. The van der Waals surface area contributed by atoms with Crippen LogP contribution in [0.2, 0.25) is 0 Å². The van der Waals surface area contributed by atoms with Crippen molar-refractivity contribution in [1.29, 1.82) is 0 Å². The standard InChI is InChI=1S/C21H29N3O6/c1-3-23(4-2)12-13-29-16-21(15-25)10-5-6-17(9-11-21)14-22-20(28)30-24-18(26)7-8-19(24)27/h5-6,9-11,15H,3-4,7-8,12-14,16H2,1-2H3,(H,22,28). The van der Waals surface area contributed by atoms with E-state index >= 15 is 0 Å². The number of amides is 3. The molecule has 1 aliphatic heterocycles. The van der Waals surface area contributed by atoms with Crippen molar-refractivity contribution >= 4 is 24.2 Å². The minimum Gasteiger partial charge on any atom is -0.378 e. The number of nitrogens with one attached hydrogen (secondary N) is 1. The van der Waals surface area contributed by atoms with Crippen molar-refractivity contribution in [1.82, 2.24) is 15.3 Å². The molecular formula is C21H29N3O6. The van der Waals surface area contributed by atoms with Crippen LogP contribution in [0.5, 0.6) is 0 Å². The number of rotatable bonds is 11. The Balaban J connectivity index is 1.82. The number of likely N-dealkylation sites (N-methyl/N-ethyl adjacent to an activating group) is 1. The maximum atomic E-state index is 11.9. The highest BCUT2D eigenvalue weighted by atomic mass is 16.7. The minimum absolute atomic E-state index is 0.0373. The molecule has 1 unspecified atom stereocenters. The second kappa shape index (κ2) is 11.4. The van der Waals surface area contributed by atoms with Crippen LogP contribution < -0.4 is 5.32 Å². The second-order valence-electron chi connectivity index (χ2n) is 7.06. The van der Waals surface area contributed by atoms with Crippen molar-refractivity contribution in [3.8, 4) is 0 Å². The Hall–Kier alpha value is -2.78. The number of imide groups is 1. The van der Waals surface area contributed by atoms with Gasteiger partial charge in [0.15, 0.2) is 0 Å². The van der Waals surface area contributed by atoms with Gasteiger partial charge in [-0.25, -0.2) is 4.79 Å². The number of hydrogen-bond donors (Lipinski definition) is 1. The van der Waals surface area contributed by atoms with E-state index in [0.29, 0.717) is 17.2 Å². The van der Waals surface area contributed by atoms with Crippen LogP contribution in [0.4, 0.5) is 4.79 Å². The molecule has 0 spiro atoms. The molecule has 9 heteroatoms. The Morgan fingerprint density at radius 2 is 1.93 bits per heavy atom. The fraction of sp³-hybridized carbons (Fsp3) is 0.524. The molecule has 1 N–H and O–H groups in total. The summed E-state index contributed by atoms with van der Waals surface area (Å²) in [5.41, 5.74) is -0.162. The quantitative estimate of drug-likeness (QED) is 0.306. The van der Waals surface area contributed by atoms with Crippen molar-refractivity contribution < 1.29 is 28.8 Å². The third-order valence-electron chi connectivity index (χ3n) is 4.96. The van der Waals surface area contributed by atoms with Gasteiger partial charge in [-0.1, -0.05) is 44.2 Å². The van der Waals surface area contributed by atoms with E-state index in [1.54, 1.807) is 30.4 Å². The fourth-order valence-corrected chi connectivity index (χ4v) is 2.98. The van der Waals surface area contributed by atoms with E-state index in [1.807, 2.05) is 0 Å². The molecule has 0 aromatic carbocycles. The van der Waals surface area contributed by atoms with Gasteiger partial charge in [0.2, 0.25) is 0 Å². The Labute approximate surface area is 176 Å². The van der Waals surface area contributed by atoms with Gasteiger partial charge in [0.1, 0.15) is 6.29 Å². The van der Waals surface area contributed by atoms with Gasteiger partial charge in [0.05, 0.1) is 18.6 Å². The smallest absolute Gasteiger partial charge is 0.378 e. The number of allylic oxidation sites excluding steroid dienone is 2. The van der Waals surface area contributed by atoms with Crippen LogP contribution in [0.15, 0.2) is 36.0 Å². The molecule has 0 saturated carbocycles. The van der Waals surface area contributed by atoms with Crippen molar-refractivity contribution in [2.45, 2.75) is 26.7 Å². The molecule has 2 rings (SSSR count). The van der Waals surface area contributed by atoms with Crippen LogP contribution in [0.25, 0.3) is 0 Å². The van der Waals surface area contributed by atoms with Crippen LogP contribution >= 0.6 is 0 Å². The third kappa shape index (κ3) is 6.64. The molecule has 1 heterocycles. The molecule has 1 fully saturated rings. The van der Waals surface area contributed by atoms with Crippen LogP contribution in [0, 0.1) is 5.41 Å². The molecule has 0 aromatic heterocycles. The summed E-state index contributed by atoms with van der Waals surface area (Å²) < 4.78 is 5.73. The Bertz CT molecular complexity index is 725. The van der Waals surface area contributed by atoms with Gasteiger partial charge < -0.3 is 24.6 Å². The Kier molecular flexibility index (Phi) is 8.94. The molecule has 3 amide bonds. The number of ether oxygens (including phenoxy) is 1. The highest BCUT2D eigenvalue weighted by molar-refractivity contribution is 6.01. The first-order chi connectivity index (χ1) is 14.4. The van der Waals surface area contributed by atoms with Gasteiger partial charge in [-0.05, 0) is 18.7 Å². The molecule has 0 aromatic rings. The van der Waals surface area contributed by atoms with E-state index in [0.717, 1.165) is 25.9 Å². The minimum atomic E-state index is -0.900. The number of aldehydes is 1. The lowest BCUT2D eigenvalue weighted by Gasteiger charge is -2.22. The van der Waals surface area contributed by atoms with Crippen molar-refractivity contribution in [2.24, 2.45) is 5.41 Å². The normalized spacial score (nSPS) is 21.0. The largest absolute Gasteiger partial charge is 0.432 e. The predicted octanol–water partition coefficient (Wildman–Crippen LogP) is 1.37. The zero-order valence-corrected chi connectivity index (χ0v) is 17.5. The summed E-state index contributed by atoms with van der Waals surface area (Å²) in [6.45, 7) is 7.72. The first-order valence-electron chi connectivity index (χ1n) is 10.1. The lowest BCUT2D eigenvalue weighted by atomic mass is 9.90. The average molecular weight is 419 g/mol. The van der Waals surface area contributed by atoms with Gasteiger partial charge in [-0.2, -0.15) is 0 Å². The summed E-state index contributed by atoms with van der Waals surface area (Å²) >= 11 is 0. The average Bonchev–Trinajstić information content (AvgIpc) is 2.95. The van der Waals surface area contributed by atoms with E-state index in [1.165, 1.54) is 0 Å². The molecule has 0 radical (unpaired) electrons. The summed E-state index contributed by atoms with van der Waals surface area (Å²) in [6, 6.07) is 0. The molecule has 1 atom stereocenters. The van der Waals surface area contributed by atoms with Crippen molar-refractivity contribution in [3.63, 3.8) is 0 Å². The van der Waals surface area contributed by atoms with Crippen molar-refractivity contribution in [2.75, 3.05) is 39.4 Å². The van der Waals surface area contributed by atoms with Crippen LogP contribution in [0.1, 0.15) is 26.7 Å². The van der Waals surface area contributed by atoms with Gasteiger partial charge >= 0.3 is 6.09 Å².